The molecule has 0 aromatic carbocycles. The Labute approximate surface area is 132 Å². The predicted molar refractivity (Wildman–Crippen MR) is 81.7 cm³/mol. The normalized spacial score (nSPS) is 32.4. The second-order valence-corrected chi connectivity index (χ2v) is 7.34. The minimum Gasteiger partial charge on any atom is -0.378 e. The molecule has 0 N–H and O–H groups in total. The summed E-state index contributed by atoms with van der Waals surface area (Å²) in [6, 6.07) is 1.15. The molecule has 0 aromatic rings. The number of hydrogen-bond acceptors (Lipinski definition) is 5. The number of piperazine rings is 1. The molecule has 1 saturated carbocycles. The Morgan fingerprint density at radius 3 is 2.77 bits per heavy atom. The summed E-state index contributed by atoms with van der Waals surface area (Å²) in [7, 11) is 1.59. The van der Waals surface area contributed by atoms with Crippen LogP contribution in [-0.2, 0) is 14.3 Å². The first kappa shape index (κ1) is 14.9. The van der Waals surface area contributed by atoms with E-state index in [9.17, 15) is 4.79 Å². The van der Waals surface area contributed by atoms with Crippen LogP contribution in [0.3, 0.4) is 0 Å². The highest BCUT2D eigenvalue weighted by Gasteiger charge is 2.56. The van der Waals surface area contributed by atoms with Crippen molar-refractivity contribution in [1.82, 2.24) is 14.7 Å². The Kier molecular flexibility index (Phi) is 3.88. The van der Waals surface area contributed by atoms with Crippen LogP contribution in [0.25, 0.3) is 0 Å². The lowest BCUT2D eigenvalue weighted by Crippen LogP contribution is -2.82. The van der Waals surface area contributed by atoms with Crippen molar-refractivity contribution in [3.8, 4) is 0 Å². The fraction of sp³-hybridized carbons (Fsp3) is 0.938. The lowest BCUT2D eigenvalue weighted by molar-refractivity contribution is -0.185. The molecular weight excluding hydrogens is 282 g/mol. The third-order valence-corrected chi connectivity index (χ3v) is 5.96. The van der Waals surface area contributed by atoms with Gasteiger partial charge in [-0.05, 0) is 12.8 Å². The second-order valence-electron chi connectivity index (χ2n) is 7.34. The van der Waals surface area contributed by atoms with Crippen molar-refractivity contribution < 1.29 is 14.3 Å². The van der Waals surface area contributed by atoms with Gasteiger partial charge in [-0.25, -0.2) is 0 Å². The second kappa shape index (κ2) is 5.74. The fourth-order valence-corrected chi connectivity index (χ4v) is 4.60. The first-order valence-corrected chi connectivity index (χ1v) is 8.57. The van der Waals surface area contributed by atoms with Crippen molar-refractivity contribution in [3.63, 3.8) is 0 Å². The third-order valence-electron chi connectivity index (χ3n) is 5.96. The van der Waals surface area contributed by atoms with Crippen LogP contribution in [0.2, 0.25) is 0 Å². The summed E-state index contributed by atoms with van der Waals surface area (Å²) in [4.78, 5) is 19.6. The van der Waals surface area contributed by atoms with Crippen LogP contribution >= 0.6 is 0 Å². The number of morpholine rings is 1. The van der Waals surface area contributed by atoms with Crippen molar-refractivity contribution in [2.45, 2.75) is 36.9 Å². The highest BCUT2D eigenvalue weighted by molar-refractivity contribution is 5.77. The molecule has 0 bridgehead atoms. The van der Waals surface area contributed by atoms with E-state index in [1.165, 1.54) is 19.3 Å². The van der Waals surface area contributed by atoms with Crippen molar-refractivity contribution in [1.29, 1.82) is 0 Å². The zero-order chi connectivity index (χ0) is 15.2. The molecule has 0 unspecified atom stereocenters. The van der Waals surface area contributed by atoms with Crippen molar-refractivity contribution in [2.24, 2.45) is 0 Å². The lowest BCUT2D eigenvalue weighted by atomic mass is 9.78. The molecule has 3 saturated heterocycles. The molecule has 3 heterocycles. The lowest BCUT2D eigenvalue weighted by Gasteiger charge is -2.65. The van der Waals surface area contributed by atoms with Gasteiger partial charge in [-0.15, -0.1) is 0 Å². The molecule has 1 aliphatic carbocycles. The van der Waals surface area contributed by atoms with Crippen LogP contribution in [0.5, 0.6) is 0 Å². The number of likely N-dealkylation sites (tertiary alicyclic amines) is 1. The van der Waals surface area contributed by atoms with E-state index in [2.05, 4.69) is 9.80 Å². The Hall–Kier alpha value is -0.690. The van der Waals surface area contributed by atoms with Gasteiger partial charge in [-0.1, -0.05) is 6.42 Å². The SMILES string of the molecule is COCC(=O)N1C[C@@H]2COCCN2C2(C1)CN(C1CCC1)C2. The van der Waals surface area contributed by atoms with Gasteiger partial charge in [0.1, 0.15) is 6.61 Å². The monoisotopic (exact) mass is 309 g/mol. The maximum absolute atomic E-state index is 12.3. The molecule has 0 aromatic heterocycles. The molecule has 3 aliphatic heterocycles. The van der Waals surface area contributed by atoms with Gasteiger partial charge in [-0.3, -0.25) is 14.6 Å². The number of ether oxygens (including phenoxy) is 2. The summed E-state index contributed by atoms with van der Waals surface area (Å²) in [6.07, 6.45) is 4.09. The van der Waals surface area contributed by atoms with Crippen molar-refractivity contribution in [2.75, 3.05) is 59.7 Å². The average molecular weight is 309 g/mol. The zero-order valence-electron chi connectivity index (χ0n) is 13.5. The maximum atomic E-state index is 12.3. The Balaban J connectivity index is 1.48. The number of hydrogen-bond donors (Lipinski definition) is 0. The van der Waals surface area contributed by atoms with Gasteiger partial charge >= 0.3 is 0 Å². The number of rotatable bonds is 3. The molecule has 1 spiro atoms. The molecule has 4 aliphatic rings. The molecule has 6 heteroatoms. The summed E-state index contributed by atoms with van der Waals surface area (Å²) in [5, 5.41) is 0. The molecular formula is C16H27N3O3. The van der Waals surface area contributed by atoms with Gasteiger partial charge in [0.05, 0.1) is 24.8 Å². The number of carbonyl (C=O) groups is 1. The minimum absolute atomic E-state index is 0.120. The quantitative estimate of drug-likeness (QED) is 0.721. The van der Waals surface area contributed by atoms with E-state index >= 15 is 0 Å². The van der Waals surface area contributed by atoms with Gasteiger partial charge in [0.25, 0.3) is 0 Å². The van der Waals surface area contributed by atoms with Gasteiger partial charge in [0.15, 0.2) is 0 Å². The number of carbonyl (C=O) groups excluding carboxylic acids is 1. The number of amides is 1. The smallest absolute Gasteiger partial charge is 0.248 e. The first-order valence-electron chi connectivity index (χ1n) is 8.57. The van der Waals surface area contributed by atoms with Crippen LogP contribution in [0, 0.1) is 0 Å². The average Bonchev–Trinajstić information content (AvgIpc) is 2.43. The fourth-order valence-electron chi connectivity index (χ4n) is 4.60. The van der Waals surface area contributed by atoms with Crippen LogP contribution in [0.1, 0.15) is 19.3 Å². The third kappa shape index (κ3) is 2.37. The standard InChI is InChI=1S/C16H27N3O3/c1-21-9-15(20)17-7-14-8-22-6-5-19(14)16(10-17)11-18(12-16)13-3-2-4-13/h13-14H,2-12H2,1H3/t14-/m1/s1. The first-order chi connectivity index (χ1) is 10.7. The molecule has 1 atom stereocenters. The summed E-state index contributed by atoms with van der Waals surface area (Å²) < 4.78 is 10.7. The molecule has 4 fully saturated rings. The zero-order valence-corrected chi connectivity index (χ0v) is 13.5. The van der Waals surface area contributed by atoms with Gasteiger partial charge in [0.2, 0.25) is 5.91 Å². The molecule has 4 rings (SSSR count). The molecule has 0 radical (unpaired) electrons. The van der Waals surface area contributed by atoms with E-state index in [4.69, 9.17) is 9.47 Å². The molecule has 1 amide bonds. The van der Waals surface area contributed by atoms with E-state index in [1.807, 2.05) is 4.90 Å². The maximum Gasteiger partial charge on any atom is 0.248 e. The topological polar surface area (TPSA) is 45.2 Å². The Morgan fingerprint density at radius 2 is 2.09 bits per heavy atom. The molecule has 22 heavy (non-hydrogen) atoms. The highest BCUT2D eigenvalue weighted by atomic mass is 16.5. The van der Waals surface area contributed by atoms with E-state index in [1.54, 1.807) is 7.11 Å². The van der Waals surface area contributed by atoms with E-state index in [-0.39, 0.29) is 18.1 Å². The van der Waals surface area contributed by atoms with Gasteiger partial charge in [0, 0.05) is 45.9 Å². The Morgan fingerprint density at radius 1 is 1.27 bits per heavy atom. The van der Waals surface area contributed by atoms with E-state index in [0.717, 1.165) is 52.0 Å². The number of fused-ring (bicyclic) bond motifs is 2. The number of nitrogens with zero attached hydrogens (tertiary/aromatic N) is 3. The molecule has 124 valence electrons. The molecule has 6 nitrogen and oxygen atoms in total. The Bertz CT molecular complexity index is 434. The number of methoxy groups -OCH3 is 1. The van der Waals surface area contributed by atoms with Crippen LogP contribution < -0.4 is 0 Å². The summed E-state index contributed by atoms with van der Waals surface area (Å²) >= 11 is 0. The summed E-state index contributed by atoms with van der Waals surface area (Å²) in [5.41, 5.74) is 0.158. The van der Waals surface area contributed by atoms with Crippen molar-refractivity contribution >= 4 is 5.91 Å². The van der Waals surface area contributed by atoms with E-state index < -0.39 is 0 Å². The predicted octanol–water partition coefficient (Wildman–Crippen LogP) is -0.217. The largest absolute Gasteiger partial charge is 0.378 e. The van der Waals surface area contributed by atoms with Crippen LogP contribution in [0.4, 0.5) is 0 Å². The minimum atomic E-state index is 0.120. The summed E-state index contributed by atoms with van der Waals surface area (Å²) in [5.74, 6) is 0.120. The van der Waals surface area contributed by atoms with E-state index in [0.29, 0.717) is 6.04 Å². The van der Waals surface area contributed by atoms with Crippen LogP contribution in [0.15, 0.2) is 0 Å². The van der Waals surface area contributed by atoms with Crippen molar-refractivity contribution in [3.05, 3.63) is 0 Å². The summed E-state index contributed by atoms with van der Waals surface area (Å²) in [6.45, 7) is 6.65. The van der Waals surface area contributed by atoms with Crippen LogP contribution in [-0.4, -0.2) is 97.9 Å². The van der Waals surface area contributed by atoms with Gasteiger partial charge in [-0.2, -0.15) is 0 Å². The highest BCUT2D eigenvalue weighted by Crippen LogP contribution is 2.40. The van der Waals surface area contributed by atoms with Gasteiger partial charge < -0.3 is 14.4 Å².